The Morgan fingerprint density at radius 1 is 1.25 bits per heavy atom. The molecular weight excluding hydrogens is 270 g/mol. The van der Waals surface area contributed by atoms with Gasteiger partial charge in [0.2, 0.25) is 0 Å². The zero-order valence-electron chi connectivity index (χ0n) is 11.5. The van der Waals surface area contributed by atoms with Gasteiger partial charge in [0.15, 0.2) is 0 Å². The highest BCUT2D eigenvalue weighted by molar-refractivity contribution is 7.16. The van der Waals surface area contributed by atoms with E-state index in [1.54, 1.807) is 11.3 Å². The lowest BCUT2D eigenvalue weighted by Crippen LogP contribution is -2.32. The topological polar surface area (TPSA) is 36.4 Å². The smallest absolute Gasteiger partial charge is 0.253 e. The van der Waals surface area contributed by atoms with Gasteiger partial charge in [-0.3, -0.25) is 4.79 Å². The molecule has 0 saturated carbocycles. The second-order valence-corrected chi connectivity index (χ2v) is 6.87. The molecule has 0 radical (unpaired) electrons. The molecule has 2 fully saturated rings. The van der Waals surface area contributed by atoms with Crippen LogP contribution in [0.3, 0.4) is 0 Å². The summed E-state index contributed by atoms with van der Waals surface area (Å²) in [6.07, 6.45) is 0. The Morgan fingerprint density at radius 3 is 2.75 bits per heavy atom. The predicted molar refractivity (Wildman–Crippen MR) is 80.0 cm³/mol. The number of nitrogens with zero attached hydrogens (tertiary/aromatic N) is 3. The molecule has 2 unspecified atom stereocenters. The Kier molecular flexibility index (Phi) is 2.79. The number of rotatable bonds is 1. The van der Waals surface area contributed by atoms with Gasteiger partial charge in [0, 0.05) is 31.7 Å². The molecule has 2 saturated heterocycles. The molecule has 1 aromatic carbocycles. The van der Waals surface area contributed by atoms with E-state index in [4.69, 9.17) is 0 Å². The third-order valence-electron chi connectivity index (χ3n) is 4.53. The van der Waals surface area contributed by atoms with E-state index in [0.717, 1.165) is 42.0 Å². The summed E-state index contributed by atoms with van der Waals surface area (Å²) in [5.74, 6) is 1.50. The van der Waals surface area contributed by atoms with E-state index in [1.165, 1.54) is 0 Å². The highest BCUT2D eigenvalue weighted by Gasteiger charge is 2.40. The molecular formula is C15H17N3OS. The quantitative estimate of drug-likeness (QED) is 0.804. The summed E-state index contributed by atoms with van der Waals surface area (Å²) < 4.78 is 1.09. The molecule has 0 aliphatic carbocycles. The molecule has 3 heterocycles. The molecule has 2 aliphatic heterocycles. The summed E-state index contributed by atoms with van der Waals surface area (Å²) in [7, 11) is 2.17. The number of hydrogen-bond donors (Lipinski definition) is 0. The summed E-state index contributed by atoms with van der Waals surface area (Å²) >= 11 is 1.59. The maximum absolute atomic E-state index is 12.6. The molecule has 0 bridgehead atoms. The van der Waals surface area contributed by atoms with Crippen LogP contribution < -0.4 is 0 Å². The Morgan fingerprint density at radius 2 is 2.00 bits per heavy atom. The van der Waals surface area contributed by atoms with Crippen molar-refractivity contribution in [2.45, 2.75) is 0 Å². The highest BCUT2D eigenvalue weighted by Crippen LogP contribution is 2.31. The highest BCUT2D eigenvalue weighted by atomic mass is 32.1. The minimum Gasteiger partial charge on any atom is -0.338 e. The molecule has 2 aliphatic rings. The normalized spacial score (nSPS) is 26.4. The average Bonchev–Trinajstić information content (AvgIpc) is 3.09. The van der Waals surface area contributed by atoms with Crippen LogP contribution in [0.1, 0.15) is 10.4 Å². The first-order chi connectivity index (χ1) is 9.70. The van der Waals surface area contributed by atoms with Crippen LogP contribution in [0.25, 0.3) is 10.2 Å². The SMILES string of the molecule is CN1CC2CN(C(=O)c3ccc4ncsc4c3)CC2C1. The number of likely N-dealkylation sites (tertiary alicyclic amines) is 2. The predicted octanol–water partition coefficient (Wildman–Crippen LogP) is 1.93. The molecule has 2 atom stereocenters. The molecule has 1 aromatic heterocycles. The van der Waals surface area contributed by atoms with Gasteiger partial charge >= 0.3 is 0 Å². The Hall–Kier alpha value is -1.46. The van der Waals surface area contributed by atoms with Crippen LogP contribution in [0.5, 0.6) is 0 Å². The summed E-state index contributed by atoms with van der Waals surface area (Å²) in [5.41, 5.74) is 3.61. The average molecular weight is 287 g/mol. The monoisotopic (exact) mass is 287 g/mol. The Labute approximate surface area is 122 Å². The van der Waals surface area contributed by atoms with Gasteiger partial charge in [0.1, 0.15) is 0 Å². The zero-order valence-corrected chi connectivity index (χ0v) is 12.3. The molecule has 5 heteroatoms. The summed E-state index contributed by atoms with van der Waals surface area (Å²) in [4.78, 5) is 21.3. The summed E-state index contributed by atoms with van der Waals surface area (Å²) in [6, 6.07) is 5.84. The van der Waals surface area contributed by atoms with Gasteiger partial charge in [-0.2, -0.15) is 0 Å². The number of hydrogen-bond acceptors (Lipinski definition) is 4. The van der Waals surface area contributed by atoms with Gasteiger partial charge in [-0.25, -0.2) is 4.98 Å². The van der Waals surface area contributed by atoms with E-state index in [0.29, 0.717) is 11.8 Å². The van der Waals surface area contributed by atoms with Crippen molar-refractivity contribution in [1.82, 2.24) is 14.8 Å². The maximum Gasteiger partial charge on any atom is 0.253 e. The van der Waals surface area contributed by atoms with Gasteiger partial charge in [-0.1, -0.05) is 0 Å². The molecule has 4 rings (SSSR count). The van der Waals surface area contributed by atoms with Crippen LogP contribution in [0, 0.1) is 11.8 Å². The van der Waals surface area contributed by atoms with E-state index < -0.39 is 0 Å². The second-order valence-electron chi connectivity index (χ2n) is 5.99. The molecule has 0 N–H and O–H groups in total. The van der Waals surface area contributed by atoms with Crippen LogP contribution in [0.4, 0.5) is 0 Å². The van der Waals surface area contributed by atoms with Crippen molar-refractivity contribution in [2.24, 2.45) is 11.8 Å². The standard InChI is InChI=1S/C15H17N3OS/c1-17-5-11-7-18(8-12(11)6-17)15(19)10-2-3-13-14(4-10)20-9-16-13/h2-4,9,11-12H,5-8H2,1H3. The molecule has 1 amide bonds. The van der Waals surface area contributed by atoms with E-state index >= 15 is 0 Å². The number of fused-ring (bicyclic) bond motifs is 2. The van der Waals surface area contributed by atoms with Crippen molar-refractivity contribution >= 4 is 27.5 Å². The van der Waals surface area contributed by atoms with Crippen molar-refractivity contribution in [3.05, 3.63) is 29.3 Å². The van der Waals surface area contributed by atoms with Gasteiger partial charge in [0.25, 0.3) is 5.91 Å². The van der Waals surface area contributed by atoms with Gasteiger partial charge in [-0.15, -0.1) is 11.3 Å². The lowest BCUT2D eigenvalue weighted by molar-refractivity contribution is 0.0776. The van der Waals surface area contributed by atoms with E-state index in [2.05, 4.69) is 16.9 Å². The van der Waals surface area contributed by atoms with Crippen LogP contribution in [0.2, 0.25) is 0 Å². The zero-order chi connectivity index (χ0) is 13.7. The first-order valence-corrected chi connectivity index (χ1v) is 7.90. The van der Waals surface area contributed by atoms with Gasteiger partial charge in [-0.05, 0) is 37.1 Å². The number of amides is 1. The third-order valence-corrected chi connectivity index (χ3v) is 5.33. The van der Waals surface area contributed by atoms with Crippen molar-refractivity contribution in [3.63, 3.8) is 0 Å². The number of carbonyl (C=O) groups excluding carboxylic acids is 1. The summed E-state index contributed by atoms with van der Waals surface area (Å²) in [5, 5.41) is 0. The first kappa shape index (κ1) is 12.3. The van der Waals surface area contributed by atoms with Crippen LogP contribution >= 0.6 is 11.3 Å². The lowest BCUT2D eigenvalue weighted by Gasteiger charge is -2.19. The fourth-order valence-electron chi connectivity index (χ4n) is 3.56. The number of aromatic nitrogens is 1. The second kappa shape index (κ2) is 4.53. The maximum atomic E-state index is 12.6. The number of carbonyl (C=O) groups is 1. The van der Waals surface area contributed by atoms with Crippen LogP contribution in [0.15, 0.2) is 23.7 Å². The number of thiazole rings is 1. The molecule has 2 aromatic rings. The van der Waals surface area contributed by atoms with Crippen molar-refractivity contribution in [2.75, 3.05) is 33.2 Å². The van der Waals surface area contributed by atoms with Gasteiger partial charge < -0.3 is 9.80 Å². The van der Waals surface area contributed by atoms with Crippen molar-refractivity contribution in [1.29, 1.82) is 0 Å². The third kappa shape index (κ3) is 1.93. The Balaban J connectivity index is 1.55. The van der Waals surface area contributed by atoms with Gasteiger partial charge in [0.05, 0.1) is 15.7 Å². The largest absolute Gasteiger partial charge is 0.338 e. The lowest BCUT2D eigenvalue weighted by atomic mass is 10.0. The molecule has 20 heavy (non-hydrogen) atoms. The molecule has 4 nitrogen and oxygen atoms in total. The van der Waals surface area contributed by atoms with Crippen molar-refractivity contribution in [3.8, 4) is 0 Å². The van der Waals surface area contributed by atoms with Crippen LogP contribution in [-0.2, 0) is 0 Å². The number of benzene rings is 1. The van der Waals surface area contributed by atoms with Crippen LogP contribution in [-0.4, -0.2) is 53.9 Å². The first-order valence-electron chi connectivity index (χ1n) is 7.02. The van der Waals surface area contributed by atoms with E-state index in [1.807, 2.05) is 28.6 Å². The Bertz CT molecular complexity index is 654. The van der Waals surface area contributed by atoms with Crippen molar-refractivity contribution < 1.29 is 4.79 Å². The summed E-state index contributed by atoms with van der Waals surface area (Å²) in [6.45, 7) is 4.08. The molecule has 104 valence electrons. The van der Waals surface area contributed by atoms with E-state index in [9.17, 15) is 4.79 Å². The molecule has 0 spiro atoms. The minimum atomic E-state index is 0.178. The fourth-order valence-corrected chi connectivity index (χ4v) is 4.28. The van der Waals surface area contributed by atoms with E-state index in [-0.39, 0.29) is 5.91 Å². The minimum absolute atomic E-state index is 0.178. The fraction of sp³-hybridized carbons (Fsp3) is 0.467.